The third-order valence-electron chi connectivity index (χ3n) is 11.4. The number of benzene rings is 4. The van der Waals surface area contributed by atoms with E-state index in [1.807, 2.05) is 47.2 Å². The molecule has 0 unspecified atom stereocenters. The van der Waals surface area contributed by atoms with Crippen molar-refractivity contribution in [1.29, 1.82) is 0 Å². The van der Waals surface area contributed by atoms with E-state index in [-0.39, 0.29) is 34.5 Å². The van der Waals surface area contributed by atoms with Crippen LogP contribution in [-0.2, 0) is 54.4 Å². The topological polar surface area (TPSA) is 162 Å². The van der Waals surface area contributed by atoms with Crippen LogP contribution in [0.2, 0.25) is 0 Å². The van der Waals surface area contributed by atoms with Gasteiger partial charge in [0, 0.05) is 37.4 Å². The highest BCUT2D eigenvalue weighted by Gasteiger charge is 2.39. The van der Waals surface area contributed by atoms with Crippen molar-refractivity contribution in [1.82, 2.24) is 29.4 Å². The number of carbonyl (C=O) groups excluding carboxylic acids is 1. The molecule has 0 bridgehead atoms. The average Bonchev–Trinajstić information content (AvgIpc) is 4.21. The van der Waals surface area contributed by atoms with Crippen molar-refractivity contribution in [3.63, 3.8) is 0 Å². The molecule has 5 heterocycles. The highest BCUT2D eigenvalue weighted by molar-refractivity contribution is 5.93. The molecule has 0 saturated carbocycles. The number of aliphatic hydroxyl groups excluding tert-OH is 1. The number of hydrogen-bond donors (Lipinski definition) is 1. The first kappa shape index (κ1) is 51.2. The Morgan fingerprint density at radius 1 is 0.686 bits per heavy atom. The van der Waals surface area contributed by atoms with Crippen LogP contribution in [0.4, 0.5) is 26.3 Å². The maximum atomic E-state index is 13.2. The van der Waals surface area contributed by atoms with Gasteiger partial charge in [0.25, 0.3) is 0 Å². The van der Waals surface area contributed by atoms with E-state index >= 15 is 0 Å². The number of imidazole rings is 2. The second-order valence-electron chi connectivity index (χ2n) is 16.4. The molecule has 1 aliphatic heterocycles. The molecule has 14 nitrogen and oxygen atoms in total. The fraction of sp³-hybridized carbons (Fsp3) is 0.420. The highest BCUT2D eigenvalue weighted by atomic mass is 19.4. The number of alkyl halides is 6. The summed E-state index contributed by atoms with van der Waals surface area (Å²) < 4.78 is 115. The molecule has 1 N–H and O–H groups in total. The van der Waals surface area contributed by atoms with Crippen LogP contribution in [0.3, 0.4) is 0 Å². The van der Waals surface area contributed by atoms with Crippen LogP contribution in [0, 0.1) is 0 Å². The summed E-state index contributed by atoms with van der Waals surface area (Å²) >= 11 is 0. The van der Waals surface area contributed by atoms with Crippen molar-refractivity contribution in [2.45, 2.75) is 104 Å². The molecule has 4 aromatic heterocycles. The van der Waals surface area contributed by atoms with E-state index in [0.717, 1.165) is 41.7 Å². The van der Waals surface area contributed by atoms with Crippen molar-refractivity contribution >= 4 is 50.0 Å². The first-order chi connectivity index (χ1) is 33.7. The SMILES string of the molecule is C1CCOC1.CCCc1c(OCCCn2cnc3cc(C(=O)OCC)ccc32)ccc2c(C(F)(F)F)noc12.CCCc1c(OCCCn2cnc3cc(CO)ccc32)ccc2c(C(F)(F)F)noc12. The monoisotopic (exact) mass is 980 g/mol. The second-order valence-corrected chi connectivity index (χ2v) is 16.4. The molecule has 70 heavy (non-hydrogen) atoms. The number of hydrogen-bond acceptors (Lipinski definition) is 12. The third-order valence-corrected chi connectivity index (χ3v) is 11.4. The minimum Gasteiger partial charge on any atom is -0.493 e. The summed E-state index contributed by atoms with van der Waals surface area (Å²) in [7, 11) is 0. The number of ether oxygens (including phenoxy) is 4. The van der Waals surface area contributed by atoms with Crippen molar-refractivity contribution in [2.24, 2.45) is 0 Å². The molecule has 9 rings (SSSR count). The standard InChI is InChI=1S/C24H24F3N3O4.C22H22F3N3O3.C4H8O/c1-3-6-16-20(10-8-17-21(16)34-29-22(17)24(25,26)27)33-12-5-11-30-14-28-18-13-15(7-9-19(18)30)23(31)32-4-2;1-2-4-15-19(8-6-16-20(15)31-27-21(16)22(23,24)25)30-10-3-9-28-13-26-17-11-14(12-29)5-7-18(17)28;1-2-4-5-3-1/h7-10,13-14H,3-6,11-12H2,1-2H3;5-8,11,13,29H,2-4,9-10,12H2,1H3;1-4H2. The number of esters is 1. The lowest BCUT2D eigenvalue weighted by Gasteiger charge is -2.12. The number of nitrogens with zero attached hydrogens (tertiary/aromatic N) is 6. The molecule has 0 atom stereocenters. The Hall–Kier alpha value is -6.67. The van der Waals surface area contributed by atoms with Gasteiger partial charge in [0.15, 0.2) is 22.6 Å². The van der Waals surface area contributed by atoms with Gasteiger partial charge in [-0.1, -0.05) is 43.1 Å². The Kier molecular flexibility index (Phi) is 17.0. The number of aromatic nitrogens is 6. The molecular weight excluding hydrogens is 927 g/mol. The third kappa shape index (κ3) is 12.2. The molecule has 0 radical (unpaired) electrons. The zero-order valence-corrected chi connectivity index (χ0v) is 39.0. The fourth-order valence-corrected chi connectivity index (χ4v) is 8.05. The molecular formula is C50H54F6N6O8. The van der Waals surface area contributed by atoms with Gasteiger partial charge in [0.2, 0.25) is 0 Å². The van der Waals surface area contributed by atoms with Gasteiger partial charge in [-0.3, -0.25) is 0 Å². The van der Waals surface area contributed by atoms with Gasteiger partial charge >= 0.3 is 18.3 Å². The summed E-state index contributed by atoms with van der Waals surface area (Å²) in [4.78, 5) is 20.6. The van der Waals surface area contributed by atoms with E-state index in [9.17, 15) is 36.2 Å². The smallest absolute Gasteiger partial charge is 0.437 e. The van der Waals surface area contributed by atoms with E-state index in [4.69, 9.17) is 28.0 Å². The lowest BCUT2D eigenvalue weighted by Crippen LogP contribution is -2.07. The fourth-order valence-electron chi connectivity index (χ4n) is 8.05. The molecule has 0 spiro atoms. The number of rotatable bonds is 17. The van der Waals surface area contributed by atoms with Gasteiger partial charge in [-0.2, -0.15) is 26.3 Å². The van der Waals surface area contributed by atoms with Gasteiger partial charge in [0.1, 0.15) is 11.5 Å². The molecule has 20 heteroatoms. The number of halogens is 6. The zero-order chi connectivity index (χ0) is 49.8. The summed E-state index contributed by atoms with van der Waals surface area (Å²) in [5, 5.41) is 15.6. The Morgan fingerprint density at radius 3 is 1.63 bits per heavy atom. The largest absolute Gasteiger partial charge is 0.493 e. The Balaban J connectivity index is 0.000000188. The van der Waals surface area contributed by atoms with Crippen molar-refractivity contribution in [3.8, 4) is 11.5 Å². The summed E-state index contributed by atoms with van der Waals surface area (Å²) in [5.74, 6) is 0.623. The van der Waals surface area contributed by atoms with E-state index in [0.29, 0.717) is 98.7 Å². The van der Waals surface area contributed by atoms with E-state index in [2.05, 4.69) is 20.3 Å². The van der Waals surface area contributed by atoms with Crippen molar-refractivity contribution in [2.75, 3.05) is 33.0 Å². The molecule has 374 valence electrons. The average molecular weight is 981 g/mol. The predicted octanol–water partition coefficient (Wildman–Crippen LogP) is 11.7. The van der Waals surface area contributed by atoms with Crippen LogP contribution in [0.15, 0.2) is 82.4 Å². The minimum atomic E-state index is -4.58. The Bertz CT molecular complexity index is 2980. The lowest BCUT2D eigenvalue weighted by molar-refractivity contribution is -0.142. The van der Waals surface area contributed by atoms with Crippen molar-refractivity contribution in [3.05, 3.63) is 107 Å². The molecule has 4 aromatic carbocycles. The number of fused-ring (bicyclic) bond motifs is 4. The summed E-state index contributed by atoms with van der Waals surface area (Å²) in [6.45, 7) is 9.91. The number of aliphatic hydroxyl groups is 1. The van der Waals surface area contributed by atoms with Gasteiger partial charge in [-0.15, -0.1) is 0 Å². The zero-order valence-electron chi connectivity index (χ0n) is 39.0. The molecule has 1 saturated heterocycles. The van der Waals surface area contributed by atoms with Crippen LogP contribution < -0.4 is 9.47 Å². The van der Waals surface area contributed by atoms with E-state index < -0.39 is 23.7 Å². The second kappa shape index (κ2) is 23.3. The first-order valence-corrected chi connectivity index (χ1v) is 23.2. The predicted molar refractivity (Wildman–Crippen MR) is 248 cm³/mol. The normalized spacial score (nSPS) is 12.9. The summed E-state index contributed by atoms with van der Waals surface area (Å²) in [5.41, 5.74) is 4.00. The van der Waals surface area contributed by atoms with Gasteiger partial charge in [-0.25, -0.2) is 14.8 Å². The van der Waals surface area contributed by atoms with E-state index in [1.54, 1.807) is 43.8 Å². The quantitative estimate of drug-likeness (QED) is 0.0523. The molecule has 0 amide bonds. The number of carbonyl (C=O) groups is 1. The van der Waals surface area contributed by atoms with Gasteiger partial charge in [0.05, 0.1) is 77.5 Å². The minimum absolute atomic E-state index is 0.0310. The van der Waals surface area contributed by atoms with Crippen LogP contribution in [0.1, 0.15) is 97.7 Å². The molecule has 0 aliphatic carbocycles. The summed E-state index contributed by atoms with van der Waals surface area (Å²) in [6.07, 6.45) is 0.645. The van der Waals surface area contributed by atoms with Crippen LogP contribution in [0.5, 0.6) is 11.5 Å². The van der Waals surface area contributed by atoms with Crippen LogP contribution >= 0.6 is 0 Å². The first-order valence-electron chi connectivity index (χ1n) is 23.2. The molecule has 1 aliphatic rings. The maximum Gasteiger partial charge on any atom is 0.437 e. The van der Waals surface area contributed by atoms with Gasteiger partial charge in [-0.05, 0) is 106 Å². The lowest BCUT2D eigenvalue weighted by atomic mass is 10.0. The van der Waals surface area contributed by atoms with Crippen molar-refractivity contribution < 1.29 is 64.2 Å². The van der Waals surface area contributed by atoms with Gasteiger partial charge < -0.3 is 42.2 Å². The molecule has 1 fully saturated rings. The summed E-state index contributed by atoms with van der Waals surface area (Å²) in [6, 6.07) is 16.6. The maximum absolute atomic E-state index is 13.2. The highest BCUT2D eigenvalue weighted by Crippen LogP contribution is 2.40. The molecule has 8 aromatic rings. The Labute approximate surface area is 398 Å². The van der Waals surface area contributed by atoms with Crippen LogP contribution in [-0.4, -0.2) is 73.5 Å². The van der Waals surface area contributed by atoms with E-state index in [1.165, 1.54) is 25.0 Å². The van der Waals surface area contributed by atoms with Crippen LogP contribution in [0.25, 0.3) is 44.0 Å². The Morgan fingerprint density at radius 2 is 1.19 bits per heavy atom. The number of aryl methyl sites for hydroxylation is 4.